The van der Waals surface area contributed by atoms with E-state index in [-0.39, 0.29) is 0 Å². The molecule has 1 fully saturated rings. The molecule has 64 valence electrons. The van der Waals surface area contributed by atoms with Crippen LogP contribution in [-0.4, -0.2) is 22.6 Å². The van der Waals surface area contributed by atoms with Crippen molar-refractivity contribution in [2.45, 2.75) is 5.54 Å². The van der Waals surface area contributed by atoms with E-state index < -0.39 is 11.5 Å². The number of thiazole rings is 1. The fourth-order valence-corrected chi connectivity index (χ4v) is 1.65. The largest absolute Gasteiger partial charge is 0.480 e. The number of hydrogen-bond acceptors (Lipinski definition) is 5. The van der Waals surface area contributed by atoms with Crippen molar-refractivity contribution in [2.24, 2.45) is 0 Å². The van der Waals surface area contributed by atoms with E-state index in [1.807, 2.05) is 0 Å². The molecule has 6 heteroatoms. The number of nitrogens with zero attached hydrogens (tertiary/aromatic N) is 1. The van der Waals surface area contributed by atoms with Gasteiger partial charge >= 0.3 is 5.97 Å². The Morgan fingerprint density at radius 3 is 2.92 bits per heavy atom. The summed E-state index contributed by atoms with van der Waals surface area (Å²) in [7, 11) is 0. The summed E-state index contributed by atoms with van der Waals surface area (Å²) in [5, 5.41) is 13.7. The molecule has 0 radical (unpaired) electrons. The van der Waals surface area contributed by atoms with E-state index in [4.69, 9.17) is 10.8 Å². The van der Waals surface area contributed by atoms with Crippen molar-refractivity contribution in [3.63, 3.8) is 0 Å². The van der Waals surface area contributed by atoms with Crippen LogP contribution < -0.4 is 11.1 Å². The number of aromatic nitrogens is 1. The van der Waals surface area contributed by atoms with Crippen LogP contribution in [0.3, 0.4) is 0 Å². The molecule has 1 aromatic heterocycles. The third-order valence-corrected chi connectivity index (χ3v) is 2.53. The molecule has 0 bridgehead atoms. The molecule has 0 spiro atoms. The Morgan fingerprint density at radius 1 is 1.92 bits per heavy atom. The van der Waals surface area contributed by atoms with Gasteiger partial charge in [0.25, 0.3) is 0 Å². The number of carboxylic acid groups (broad SMARTS) is 1. The molecule has 5 nitrogen and oxygen atoms in total. The van der Waals surface area contributed by atoms with E-state index in [0.29, 0.717) is 17.4 Å². The summed E-state index contributed by atoms with van der Waals surface area (Å²) < 4.78 is 0. The first-order valence-electron chi connectivity index (χ1n) is 3.35. The number of hydrogen-bond donors (Lipinski definition) is 3. The van der Waals surface area contributed by atoms with E-state index in [2.05, 4.69) is 10.3 Å². The molecule has 0 aliphatic carbocycles. The van der Waals surface area contributed by atoms with Gasteiger partial charge in [0.05, 0.1) is 5.69 Å². The zero-order valence-corrected chi connectivity index (χ0v) is 6.89. The number of carbonyl (C=O) groups is 1. The van der Waals surface area contributed by atoms with Gasteiger partial charge in [0, 0.05) is 11.9 Å². The van der Waals surface area contributed by atoms with Crippen LogP contribution in [0.1, 0.15) is 5.69 Å². The number of carboxylic acids is 1. The van der Waals surface area contributed by atoms with Crippen LogP contribution in [0.5, 0.6) is 0 Å². The van der Waals surface area contributed by atoms with E-state index in [1.165, 1.54) is 11.3 Å². The first kappa shape index (κ1) is 7.51. The molecule has 4 N–H and O–H groups in total. The van der Waals surface area contributed by atoms with Crippen molar-refractivity contribution in [1.29, 1.82) is 0 Å². The monoisotopic (exact) mass is 185 g/mol. The van der Waals surface area contributed by atoms with Crippen LogP contribution >= 0.6 is 11.3 Å². The zero-order valence-electron chi connectivity index (χ0n) is 6.07. The topological polar surface area (TPSA) is 98.1 Å². The smallest absolute Gasteiger partial charge is 0.331 e. The molecule has 1 saturated heterocycles. The average Bonchev–Trinajstić information content (AvgIpc) is 2.71. The van der Waals surface area contributed by atoms with Gasteiger partial charge in [-0.15, -0.1) is 11.3 Å². The second kappa shape index (κ2) is 2.18. The van der Waals surface area contributed by atoms with Gasteiger partial charge in [-0.25, -0.2) is 9.78 Å². The minimum atomic E-state index is -0.950. The molecular weight excluding hydrogens is 178 g/mol. The fraction of sp³-hybridized carbons (Fsp3) is 0.333. The van der Waals surface area contributed by atoms with Gasteiger partial charge in [-0.05, 0) is 0 Å². The highest BCUT2D eigenvalue weighted by molar-refractivity contribution is 7.13. The van der Waals surface area contributed by atoms with Crippen molar-refractivity contribution in [1.82, 2.24) is 10.3 Å². The standard InChI is InChI=1S/C6H7N3O2S/c7-5-9-3(1-12-5)6(2-8-6)4(10)11/h1,8H,2H2,(H2,7,9)(H,10,11). The van der Waals surface area contributed by atoms with Gasteiger partial charge in [0.15, 0.2) is 10.7 Å². The normalized spacial score (nSPS) is 27.0. The Kier molecular flexibility index (Phi) is 1.36. The Balaban J connectivity index is 2.36. The van der Waals surface area contributed by atoms with Crippen LogP contribution in [0, 0.1) is 0 Å². The van der Waals surface area contributed by atoms with Gasteiger partial charge in [-0.1, -0.05) is 0 Å². The van der Waals surface area contributed by atoms with Crippen molar-refractivity contribution < 1.29 is 9.90 Å². The SMILES string of the molecule is Nc1nc(C2(C(=O)O)CN2)cs1. The van der Waals surface area contributed by atoms with Gasteiger partial charge in [-0.2, -0.15) is 0 Å². The molecule has 2 rings (SSSR count). The molecule has 0 aromatic carbocycles. The number of nitrogen functional groups attached to an aromatic ring is 1. The van der Waals surface area contributed by atoms with Crippen LogP contribution in [0.2, 0.25) is 0 Å². The lowest BCUT2D eigenvalue weighted by atomic mass is 10.1. The second-order valence-electron chi connectivity index (χ2n) is 2.64. The lowest BCUT2D eigenvalue weighted by Gasteiger charge is -2.01. The number of rotatable bonds is 2. The molecule has 0 amide bonds. The van der Waals surface area contributed by atoms with Crippen LogP contribution in [-0.2, 0) is 10.3 Å². The predicted octanol–water partition coefficient (Wildman–Crippen LogP) is -0.392. The Bertz CT molecular complexity index is 331. The second-order valence-corrected chi connectivity index (χ2v) is 3.52. The predicted molar refractivity (Wildman–Crippen MR) is 43.8 cm³/mol. The molecule has 2 heterocycles. The van der Waals surface area contributed by atoms with Crippen molar-refractivity contribution in [3.8, 4) is 0 Å². The maximum Gasteiger partial charge on any atom is 0.331 e. The summed E-state index contributed by atoms with van der Waals surface area (Å²) in [5.41, 5.74) is 4.95. The Hall–Kier alpha value is -1.14. The maximum absolute atomic E-state index is 10.8. The molecular formula is C6H7N3O2S. The average molecular weight is 185 g/mol. The number of anilines is 1. The number of nitrogens with two attached hydrogens (primary N) is 1. The lowest BCUT2D eigenvalue weighted by Crippen LogP contribution is -2.25. The van der Waals surface area contributed by atoms with E-state index >= 15 is 0 Å². The van der Waals surface area contributed by atoms with Gasteiger partial charge in [-0.3, -0.25) is 5.32 Å². The summed E-state index contributed by atoms with van der Waals surface area (Å²) in [5.74, 6) is -0.896. The minimum absolute atomic E-state index is 0.402. The van der Waals surface area contributed by atoms with Crippen LogP contribution in [0.25, 0.3) is 0 Å². The van der Waals surface area contributed by atoms with E-state index in [9.17, 15) is 4.79 Å². The van der Waals surface area contributed by atoms with Crippen molar-refractivity contribution >= 4 is 22.4 Å². The molecule has 1 aliphatic rings. The highest BCUT2D eigenvalue weighted by Crippen LogP contribution is 2.32. The highest BCUT2D eigenvalue weighted by atomic mass is 32.1. The summed E-state index contributed by atoms with van der Waals surface area (Å²) in [6.07, 6.45) is 0. The van der Waals surface area contributed by atoms with Crippen LogP contribution in [0.4, 0.5) is 5.13 Å². The summed E-state index contributed by atoms with van der Waals surface area (Å²) >= 11 is 1.25. The molecule has 12 heavy (non-hydrogen) atoms. The third kappa shape index (κ3) is 0.886. The van der Waals surface area contributed by atoms with Gasteiger partial charge < -0.3 is 10.8 Å². The van der Waals surface area contributed by atoms with Gasteiger partial charge in [0.2, 0.25) is 0 Å². The number of nitrogens with one attached hydrogen (secondary N) is 1. The fourth-order valence-electron chi connectivity index (χ4n) is 1.01. The van der Waals surface area contributed by atoms with E-state index in [1.54, 1.807) is 5.38 Å². The first-order chi connectivity index (χ1) is 5.65. The van der Waals surface area contributed by atoms with Crippen molar-refractivity contribution in [3.05, 3.63) is 11.1 Å². The molecule has 1 unspecified atom stereocenters. The number of aliphatic carboxylic acids is 1. The van der Waals surface area contributed by atoms with Crippen LogP contribution in [0.15, 0.2) is 5.38 Å². The first-order valence-corrected chi connectivity index (χ1v) is 4.23. The quantitative estimate of drug-likeness (QED) is 0.545. The Labute approximate surface area is 72.2 Å². The maximum atomic E-state index is 10.8. The highest BCUT2D eigenvalue weighted by Gasteiger charge is 2.53. The lowest BCUT2D eigenvalue weighted by molar-refractivity contribution is -0.140. The minimum Gasteiger partial charge on any atom is -0.480 e. The molecule has 0 saturated carbocycles. The Morgan fingerprint density at radius 2 is 2.58 bits per heavy atom. The zero-order chi connectivity index (χ0) is 8.77. The summed E-state index contributed by atoms with van der Waals surface area (Å²) in [6, 6.07) is 0. The molecule has 1 aliphatic heterocycles. The third-order valence-electron chi connectivity index (χ3n) is 1.85. The summed E-state index contributed by atoms with van der Waals surface area (Å²) in [4.78, 5) is 14.7. The van der Waals surface area contributed by atoms with Gasteiger partial charge in [0.1, 0.15) is 0 Å². The summed E-state index contributed by atoms with van der Waals surface area (Å²) in [6.45, 7) is 0.436. The molecule has 1 atom stereocenters. The molecule has 1 aromatic rings. The van der Waals surface area contributed by atoms with Crippen molar-refractivity contribution in [2.75, 3.05) is 12.3 Å². The van der Waals surface area contributed by atoms with E-state index in [0.717, 1.165) is 0 Å².